The van der Waals surface area contributed by atoms with Crippen LogP contribution in [0.25, 0.3) is 0 Å². The molecule has 27 heavy (non-hydrogen) atoms. The molecule has 0 aliphatic rings. The van der Waals surface area contributed by atoms with Gasteiger partial charge in [-0.2, -0.15) is 5.21 Å². The number of nitrogens with one attached hydrogen (secondary N) is 3. The number of nitrogens with zero attached hydrogens (tertiary/aromatic N) is 3. The molecule has 3 aromatic rings. The van der Waals surface area contributed by atoms with E-state index in [4.69, 9.17) is 9.47 Å². The summed E-state index contributed by atoms with van der Waals surface area (Å²) in [7, 11) is 1.55. The van der Waals surface area contributed by atoms with E-state index in [0.29, 0.717) is 29.7 Å². The topological polar surface area (TPSA) is 114 Å². The number of benzene rings is 2. The Morgan fingerprint density at radius 1 is 1.19 bits per heavy atom. The number of ether oxygens (including phenoxy) is 2. The predicted molar refractivity (Wildman–Crippen MR) is 99.8 cm³/mol. The Bertz CT molecular complexity index is 881. The quantitative estimate of drug-likeness (QED) is 0.558. The van der Waals surface area contributed by atoms with Crippen LogP contribution in [0.3, 0.4) is 0 Å². The van der Waals surface area contributed by atoms with Crippen LogP contribution in [0.2, 0.25) is 0 Å². The lowest BCUT2D eigenvalue weighted by Gasteiger charge is -2.15. The monoisotopic (exact) mass is 368 g/mol. The molecule has 0 spiro atoms. The molecule has 0 atom stereocenters. The zero-order valence-electron chi connectivity index (χ0n) is 15.0. The van der Waals surface area contributed by atoms with Gasteiger partial charge in [0.05, 0.1) is 7.11 Å². The number of hydrogen-bond acceptors (Lipinski definition) is 7. The first-order chi connectivity index (χ1) is 13.2. The first kappa shape index (κ1) is 18.2. The molecule has 0 aliphatic carbocycles. The van der Waals surface area contributed by atoms with Gasteiger partial charge in [0.15, 0.2) is 18.1 Å². The van der Waals surface area contributed by atoms with E-state index in [9.17, 15) is 4.79 Å². The number of tetrazole rings is 1. The average Bonchev–Trinajstić information content (AvgIpc) is 3.20. The summed E-state index contributed by atoms with van der Waals surface area (Å²) in [6.07, 6.45) is 0. The van der Waals surface area contributed by atoms with Gasteiger partial charge in [-0.05, 0) is 30.3 Å². The number of rotatable bonds is 8. The van der Waals surface area contributed by atoms with Crippen molar-refractivity contribution in [3.05, 3.63) is 53.6 Å². The molecule has 2 aromatic carbocycles. The molecule has 0 unspecified atom stereocenters. The summed E-state index contributed by atoms with van der Waals surface area (Å²) in [4.78, 5) is 12.2. The maximum atomic E-state index is 12.2. The van der Waals surface area contributed by atoms with Crippen LogP contribution in [-0.4, -0.2) is 40.2 Å². The van der Waals surface area contributed by atoms with E-state index < -0.39 is 0 Å². The zero-order valence-corrected chi connectivity index (χ0v) is 15.0. The van der Waals surface area contributed by atoms with Crippen LogP contribution in [0.15, 0.2) is 42.5 Å². The van der Waals surface area contributed by atoms with Gasteiger partial charge in [0.25, 0.3) is 11.9 Å². The van der Waals surface area contributed by atoms with Crippen molar-refractivity contribution in [3.63, 3.8) is 0 Å². The Morgan fingerprint density at radius 2 is 2.00 bits per heavy atom. The fourth-order valence-electron chi connectivity index (χ4n) is 2.41. The van der Waals surface area contributed by atoms with Gasteiger partial charge in [0.2, 0.25) is 0 Å². The molecular formula is C18H20N6O3. The third-order valence-corrected chi connectivity index (χ3v) is 3.75. The second-order valence-corrected chi connectivity index (χ2v) is 5.74. The van der Waals surface area contributed by atoms with Crippen molar-refractivity contribution in [1.82, 2.24) is 20.6 Å². The molecule has 0 bridgehead atoms. The SMILES string of the molecule is COc1cccc(CNc2nn[nH]n2)c1OCC(=O)Nc1ccc(C)cc1. The number of amides is 1. The summed E-state index contributed by atoms with van der Waals surface area (Å²) in [6.45, 7) is 2.22. The van der Waals surface area contributed by atoms with Crippen LogP contribution >= 0.6 is 0 Å². The van der Waals surface area contributed by atoms with Crippen LogP contribution in [0.4, 0.5) is 11.6 Å². The highest BCUT2D eigenvalue weighted by Crippen LogP contribution is 2.31. The van der Waals surface area contributed by atoms with Crippen LogP contribution in [0, 0.1) is 6.92 Å². The van der Waals surface area contributed by atoms with Crippen LogP contribution < -0.4 is 20.1 Å². The number of para-hydroxylation sites is 1. The lowest BCUT2D eigenvalue weighted by Crippen LogP contribution is -2.21. The Morgan fingerprint density at radius 3 is 2.70 bits per heavy atom. The van der Waals surface area contributed by atoms with Gasteiger partial charge in [-0.1, -0.05) is 34.9 Å². The number of methoxy groups -OCH3 is 1. The molecule has 140 valence electrons. The standard InChI is InChI=1S/C18H20N6O3/c1-12-6-8-14(9-7-12)20-16(25)11-27-17-13(4-3-5-15(17)26-2)10-19-18-21-23-24-22-18/h3-9H,10-11H2,1-2H3,(H,20,25)(H2,19,21,22,23,24). The number of anilines is 2. The molecule has 0 radical (unpaired) electrons. The molecule has 1 aromatic heterocycles. The van der Waals surface area contributed by atoms with Gasteiger partial charge >= 0.3 is 0 Å². The molecule has 1 amide bonds. The number of carbonyl (C=O) groups is 1. The molecule has 9 heteroatoms. The average molecular weight is 368 g/mol. The molecule has 1 heterocycles. The molecule has 9 nitrogen and oxygen atoms in total. The maximum Gasteiger partial charge on any atom is 0.263 e. The summed E-state index contributed by atoms with van der Waals surface area (Å²) in [5.74, 6) is 1.11. The van der Waals surface area contributed by atoms with Crippen molar-refractivity contribution in [2.75, 3.05) is 24.4 Å². The second kappa shape index (κ2) is 8.65. The minimum absolute atomic E-state index is 0.149. The number of carbonyl (C=O) groups excluding carboxylic acids is 1. The number of H-pyrrole nitrogens is 1. The van der Waals surface area contributed by atoms with Gasteiger partial charge in [0.1, 0.15) is 0 Å². The van der Waals surface area contributed by atoms with Crippen LogP contribution in [0.1, 0.15) is 11.1 Å². The molecule has 0 aliphatic heterocycles. The Balaban J connectivity index is 1.65. The highest BCUT2D eigenvalue weighted by Gasteiger charge is 2.13. The third kappa shape index (κ3) is 4.94. The van der Waals surface area contributed by atoms with Crippen LogP contribution in [-0.2, 0) is 11.3 Å². The molecule has 3 N–H and O–H groups in total. The molecule has 3 rings (SSSR count). The van der Waals surface area contributed by atoms with E-state index in [-0.39, 0.29) is 12.5 Å². The van der Waals surface area contributed by atoms with E-state index >= 15 is 0 Å². The summed E-state index contributed by atoms with van der Waals surface area (Å²) in [6, 6.07) is 13.0. The zero-order chi connectivity index (χ0) is 19.1. The highest BCUT2D eigenvalue weighted by atomic mass is 16.5. The highest BCUT2D eigenvalue weighted by molar-refractivity contribution is 5.91. The van der Waals surface area contributed by atoms with E-state index in [1.807, 2.05) is 43.3 Å². The van der Waals surface area contributed by atoms with Gasteiger partial charge < -0.3 is 20.1 Å². The Hall–Kier alpha value is -3.62. The molecule has 0 fully saturated rings. The van der Waals surface area contributed by atoms with Crippen molar-refractivity contribution in [2.45, 2.75) is 13.5 Å². The first-order valence-electron chi connectivity index (χ1n) is 8.28. The van der Waals surface area contributed by atoms with Gasteiger partial charge in [-0.25, -0.2) is 0 Å². The fourth-order valence-corrected chi connectivity index (χ4v) is 2.41. The normalized spacial score (nSPS) is 10.3. The lowest BCUT2D eigenvalue weighted by atomic mass is 10.2. The van der Waals surface area contributed by atoms with Crippen LogP contribution in [0.5, 0.6) is 11.5 Å². The minimum Gasteiger partial charge on any atom is -0.493 e. The number of aromatic amines is 1. The fraction of sp³-hybridized carbons (Fsp3) is 0.222. The molecule has 0 saturated carbocycles. The summed E-state index contributed by atoms with van der Waals surface area (Å²) < 4.78 is 11.1. The molecular weight excluding hydrogens is 348 g/mol. The Kier molecular flexibility index (Phi) is 5.83. The number of aryl methyl sites for hydroxylation is 1. The van der Waals surface area contributed by atoms with Crippen molar-refractivity contribution < 1.29 is 14.3 Å². The van der Waals surface area contributed by atoms with Gasteiger partial charge in [-0.3, -0.25) is 4.79 Å². The van der Waals surface area contributed by atoms with Crippen molar-refractivity contribution in [1.29, 1.82) is 0 Å². The van der Waals surface area contributed by atoms with E-state index in [2.05, 4.69) is 31.3 Å². The van der Waals surface area contributed by atoms with Crippen molar-refractivity contribution in [3.8, 4) is 11.5 Å². The van der Waals surface area contributed by atoms with Gasteiger partial charge in [0, 0.05) is 17.8 Å². The smallest absolute Gasteiger partial charge is 0.263 e. The third-order valence-electron chi connectivity index (χ3n) is 3.75. The first-order valence-corrected chi connectivity index (χ1v) is 8.28. The second-order valence-electron chi connectivity index (χ2n) is 5.74. The summed E-state index contributed by atoms with van der Waals surface area (Å²) >= 11 is 0. The van der Waals surface area contributed by atoms with Gasteiger partial charge in [-0.15, -0.1) is 5.10 Å². The van der Waals surface area contributed by atoms with Crippen molar-refractivity contribution >= 4 is 17.5 Å². The minimum atomic E-state index is -0.262. The number of hydrogen-bond donors (Lipinski definition) is 3. The van der Waals surface area contributed by atoms with E-state index in [0.717, 1.165) is 11.1 Å². The summed E-state index contributed by atoms with van der Waals surface area (Å²) in [5.41, 5.74) is 2.63. The van der Waals surface area contributed by atoms with Crippen molar-refractivity contribution in [2.24, 2.45) is 0 Å². The Labute approximate surface area is 156 Å². The maximum absolute atomic E-state index is 12.2. The largest absolute Gasteiger partial charge is 0.493 e. The summed E-state index contributed by atoms with van der Waals surface area (Å²) in [5, 5.41) is 19.3. The van der Waals surface area contributed by atoms with E-state index in [1.54, 1.807) is 13.2 Å². The van der Waals surface area contributed by atoms with E-state index in [1.165, 1.54) is 0 Å². The molecule has 0 saturated heterocycles. The predicted octanol–water partition coefficient (Wildman–Crippen LogP) is 2.15. The number of aromatic nitrogens is 4. The lowest BCUT2D eigenvalue weighted by molar-refractivity contribution is -0.118.